The summed E-state index contributed by atoms with van der Waals surface area (Å²) < 4.78 is 117. The number of hydrogen-bond acceptors (Lipinski definition) is 6. The van der Waals surface area contributed by atoms with Gasteiger partial charge in [-0.3, -0.25) is 9.59 Å². The summed E-state index contributed by atoms with van der Waals surface area (Å²) in [6.45, 7) is 3.71. The zero-order valence-corrected chi connectivity index (χ0v) is 23.6. The van der Waals surface area contributed by atoms with E-state index in [-0.39, 0.29) is 23.0 Å². The monoisotopic (exact) mass is 638 g/mol. The molecule has 0 saturated heterocycles. The molecule has 2 aliphatic carbocycles. The van der Waals surface area contributed by atoms with Gasteiger partial charge in [0.25, 0.3) is 0 Å². The molecular weight excluding hydrogens is 616 g/mol. The number of rotatable bonds is 7. The Hall–Kier alpha value is -3.24. The molecule has 2 N–H and O–H groups in total. The number of nitrogens with zero attached hydrogens (tertiary/aromatic N) is 2. The van der Waals surface area contributed by atoms with Crippen molar-refractivity contribution in [2.45, 2.75) is 76.1 Å². The SMILES string of the molecule is CC1CCc2c(sc(NC(=O)C(F)(F)C(F)(F)C(F)(F)C(F)(F)C(=O)Nc3sc4c(c3C#N)CCC(C)C4)c2C#N)C1. The van der Waals surface area contributed by atoms with E-state index in [0.717, 1.165) is 0 Å². The summed E-state index contributed by atoms with van der Waals surface area (Å²) in [5, 5.41) is 20.3. The number of alkyl halides is 8. The van der Waals surface area contributed by atoms with E-state index < -0.39 is 45.5 Å². The lowest BCUT2D eigenvalue weighted by molar-refractivity contribution is -0.345. The number of carbonyl (C=O) groups excluding carboxylic acids is 2. The van der Waals surface area contributed by atoms with Gasteiger partial charge < -0.3 is 10.6 Å². The largest absolute Gasteiger partial charge is 0.393 e. The molecule has 0 radical (unpaired) electrons. The van der Waals surface area contributed by atoms with Gasteiger partial charge in [-0.2, -0.15) is 45.6 Å². The Morgan fingerprint density at radius 1 is 0.714 bits per heavy atom. The maximum Gasteiger partial charge on any atom is 0.393 e. The molecule has 0 bridgehead atoms. The van der Waals surface area contributed by atoms with Crippen molar-refractivity contribution in [2.75, 3.05) is 10.6 Å². The van der Waals surface area contributed by atoms with Crippen LogP contribution in [0.2, 0.25) is 0 Å². The minimum atomic E-state index is -7.08. The molecule has 2 atom stereocenters. The van der Waals surface area contributed by atoms with E-state index in [1.165, 1.54) is 10.6 Å². The van der Waals surface area contributed by atoms with E-state index in [2.05, 4.69) is 0 Å². The van der Waals surface area contributed by atoms with Crippen molar-refractivity contribution in [3.05, 3.63) is 32.0 Å². The van der Waals surface area contributed by atoms with Crippen LogP contribution in [-0.4, -0.2) is 35.5 Å². The number of amides is 2. The number of halogens is 8. The maximum absolute atomic E-state index is 14.7. The van der Waals surface area contributed by atoms with Gasteiger partial charge in [-0.1, -0.05) is 13.8 Å². The minimum Gasteiger partial charge on any atom is -0.311 e. The van der Waals surface area contributed by atoms with Crippen molar-refractivity contribution in [3.63, 3.8) is 0 Å². The molecule has 42 heavy (non-hydrogen) atoms. The Morgan fingerprint density at radius 2 is 1.05 bits per heavy atom. The van der Waals surface area contributed by atoms with Crippen LogP contribution in [0.1, 0.15) is 58.7 Å². The quantitative estimate of drug-likeness (QED) is 0.321. The Kier molecular flexibility index (Phi) is 8.14. The van der Waals surface area contributed by atoms with Gasteiger partial charge in [0.2, 0.25) is 0 Å². The summed E-state index contributed by atoms with van der Waals surface area (Å²) in [4.78, 5) is 25.5. The summed E-state index contributed by atoms with van der Waals surface area (Å²) in [6.07, 6.45) is 2.61. The van der Waals surface area contributed by atoms with Gasteiger partial charge in [0.1, 0.15) is 22.1 Å². The second kappa shape index (κ2) is 10.8. The summed E-state index contributed by atoms with van der Waals surface area (Å²) in [7, 11) is 0. The van der Waals surface area contributed by atoms with Crippen molar-refractivity contribution >= 4 is 44.5 Å². The van der Waals surface area contributed by atoms with Crippen molar-refractivity contribution < 1.29 is 44.7 Å². The zero-order valence-electron chi connectivity index (χ0n) is 21.9. The highest BCUT2D eigenvalue weighted by molar-refractivity contribution is 7.17. The van der Waals surface area contributed by atoms with Gasteiger partial charge in [-0.05, 0) is 61.5 Å². The fourth-order valence-electron chi connectivity index (χ4n) is 4.96. The van der Waals surface area contributed by atoms with E-state index in [1.807, 2.05) is 13.8 Å². The van der Waals surface area contributed by atoms with E-state index in [9.17, 15) is 55.2 Å². The first-order valence-corrected chi connectivity index (χ1v) is 14.3. The molecule has 2 aliphatic rings. The average Bonchev–Trinajstić information content (AvgIpc) is 3.43. The van der Waals surface area contributed by atoms with Gasteiger partial charge >= 0.3 is 35.5 Å². The Bertz CT molecular complexity index is 1410. The molecule has 6 nitrogen and oxygen atoms in total. The van der Waals surface area contributed by atoms with Crippen LogP contribution < -0.4 is 10.6 Å². The van der Waals surface area contributed by atoms with Gasteiger partial charge in [0.15, 0.2) is 0 Å². The molecule has 2 unspecified atom stereocenters. The summed E-state index contributed by atoms with van der Waals surface area (Å²) in [5.41, 5.74) is 0.154. The molecule has 2 heterocycles. The van der Waals surface area contributed by atoms with E-state index >= 15 is 0 Å². The second-order valence-corrected chi connectivity index (χ2v) is 12.8. The third kappa shape index (κ3) is 4.92. The van der Waals surface area contributed by atoms with Crippen molar-refractivity contribution in [2.24, 2.45) is 11.8 Å². The fraction of sp³-hybridized carbons (Fsp3) is 0.538. The molecule has 2 aromatic heterocycles. The predicted octanol–water partition coefficient (Wildman–Crippen LogP) is 6.92. The van der Waals surface area contributed by atoms with Crippen LogP contribution in [0.25, 0.3) is 0 Å². The number of nitriles is 2. The molecule has 0 aliphatic heterocycles. The molecule has 2 amide bonds. The van der Waals surface area contributed by atoms with Crippen LogP contribution in [0, 0.1) is 34.5 Å². The Balaban J connectivity index is 1.59. The number of anilines is 2. The highest BCUT2D eigenvalue weighted by atomic mass is 32.1. The van der Waals surface area contributed by atoms with Crippen LogP contribution >= 0.6 is 22.7 Å². The van der Waals surface area contributed by atoms with Gasteiger partial charge in [-0.15, -0.1) is 22.7 Å². The molecule has 0 spiro atoms. The third-order valence-electron chi connectivity index (χ3n) is 7.45. The third-order valence-corrected chi connectivity index (χ3v) is 9.79. The van der Waals surface area contributed by atoms with Crippen LogP contribution in [-0.2, 0) is 35.3 Å². The molecule has 0 aromatic carbocycles. The Labute approximate surface area is 242 Å². The topological polar surface area (TPSA) is 106 Å². The molecule has 0 fully saturated rings. The Morgan fingerprint density at radius 3 is 1.36 bits per heavy atom. The standard InChI is InChI=1S/C26H22F8N4O2S2/c1-11-3-5-13-15(9-35)19(41-17(13)7-11)37-21(39)23(27,28)25(31,32)26(33,34)24(29,30)22(40)38-20-16(10-36)14-6-4-12(2)8-18(14)42-20/h11-12H,3-8H2,1-2H3,(H,37,39)(H,38,40). The number of carbonyl (C=O) groups is 2. The first-order chi connectivity index (χ1) is 19.4. The molecule has 226 valence electrons. The van der Waals surface area contributed by atoms with Crippen molar-refractivity contribution in [1.82, 2.24) is 0 Å². The first-order valence-electron chi connectivity index (χ1n) is 12.6. The lowest BCUT2D eigenvalue weighted by Crippen LogP contribution is -2.67. The zero-order chi connectivity index (χ0) is 31.4. The van der Waals surface area contributed by atoms with Crippen LogP contribution in [0.5, 0.6) is 0 Å². The van der Waals surface area contributed by atoms with E-state index in [1.54, 1.807) is 12.1 Å². The fourth-order valence-corrected chi connectivity index (χ4v) is 7.67. The van der Waals surface area contributed by atoms with Crippen LogP contribution in [0.15, 0.2) is 0 Å². The molecular formula is C26H22F8N4O2S2. The first kappa shape index (κ1) is 31.7. The number of thiophene rings is 2. The van der Waals surface area contributed by atoms with E-state index in [4.69, 9.17) is 0 Å². The smallest absolute Gasteiger partial charge is 0.311 e. The van der Waals surface area contributed by atoms with E-state index in [0.29, 0.717) is 82.1 Å². The van der Waals surface area contributed by atoms with Crippen molar-refractivity contribution in [3.8, 4) is 12.1 Å². The lowest BCUT2D eigenvalue weighted by atomic mass is 9.88. The summed E-state index contributed by atoms with van der Waals surface area (Å²) >= 11 is 1.24. The highest BCUT2D eigenvalue weighted by Crippen LogP contribution is 2.54. The minimum absolute atomic E-state index is 0.122. The number of fused-ring (bicyclic) bond motifs is 2. The van der Waals surface area contributed by atoms with Gasteiger partial charge in [0.05, 0.1) is 11.1 Å². The molecule has 16 heteroatoms. The highest BCUT2D eigenvalue weighted by Gasteiger charge is 2.84. The van der Waals surface area contributed by atoms with Gasteiger partial charge in [-0.25, -0.2) is 0 Å². The lowest BCUT2D eigenvalue weighted by Gasteiger charge is -2.35. The normalized spacial score (nSPS) is 19.2. The van der Waals surface area contributed by atoms with Crippen molar-refractivity contribution in [1.29, 1.82) is 10.5 Å². The van der Waals surface area contributed by atoms with Gasteiger partial charge in [0, 0.05) is 9.75 Å². The summed E-state index contributed by atoms with van der Waals surface area (Å²) in [5.74, 6) is -32.9. The number of nitrogens with one attached hydrogen (secondary N) is 2. The maximum atomic E-state index is 14.7. The predicted molar refractivity (Wildman–Crippen MR) is 137 cm³/mol. The molecule has 0 saturated carbocycles. The second-order valence-electron chi connectivity index (χ2n) is 10.5. The summed E-state index contributed by atoms with van der Waals surface area (Å²) in [6, 6.07) is 3.31. The molecule has 4 rings (SSSR count). The molecule has 2 aromatic rings. The average molecular weight is 639 g/mol. The van der Waals surface area contributed by atoms with Crippen LogP contribution in [0.3, 0.4) is 0 Å². The van der Waals surface area contributed by atoms with Crippen LogP contribution in [0.4, 0.5) is 45.1 Å². The number of hydrogen-bond donors (Lipinski definition) is 2.